The molecule has 0 bridgehead atoms. The van der Waals surface area contributed by atoms with E-state index in [0.717, 1.165) is 17.5 Å². The third kappa shape index (κ3) is 1.92. The summed E-state index contributed by atoms with van der Waals surface area (Å²) in [5, 5.41) is 0.685. The highest BCUT2D eigenvalue weighted by molar-refractivity contribution is 6.30. The molecule has 76 valence electrons. The van der Waals surface area contributed by atoms with E-state index in [1.165, 1.54) is 0 Å². The second-order valence-electron chi connectivity index (χ2n) is 3.22. The Morgan fingerprint density at radius 2 is 2.00 bits per heavy atom. The van der Waals surface area contributed by atoms with E-state index in [-0.39, 0.29) is 0 Å². The lowest BCUT2D eigenvalue weighted by atomic mass is 10.2. The van der Waals surface area contributed by atoms with E-state index < -0.39 is 0 Å². The van der Waals surface area contributed by atoms with Gasteiger partial charge in [-0.15, -0.1) is 0 Å². The molecule has 0 atom stereocenters. The van der Waals surface area contributed by atoms with Crippen LogP contribution in [-0.4, -0.2) is 15.8 Å². The van der Waals surface area contributed by atoms with Crippen LogP contribution in [-0.2, 0) is 7.05 Å². The lowest BCUT2D eigenvalue weighted by Crippen LogP contribution is -1.92. The molecule has 0 N–H and O–H groups in total. The minimum absolute atomic E-state index is 0.417. The van der Waals surface area contributed by atoms with E-state index in [1.807, 2.05) is 18.3 Å². The van der Waals surface area contributed by atoms with Crippen molar-refractivity contribution in [1.29, 1.82) is 0 Å². The molecule has 0 radical (unpaired) electrons. The summed E-state index contributed by atoms with van der Waals surface area (Å²) in [6.07, 6.45) is 2.55. The number of aldehydes is 1. The van der Waals surface area contributed by atoms with Gasteiger partial charge >= 0.3 is 0 Å². The predicted octanol–water partition coefficient (Wildman–Crippen LogP) is 2.55. The first-order valence-corrected chi connectivity index (χ1v) is 4.83. The van der Waals surface area contributed by atoms with Crippen LogP contribution in [0.3, 0.4) is 0 Å². The fourth-order valence-corrected chi connectivity index (χ4v) is 1.48. The Bertz CT molecular complexity index is 488. The third-order valence-electron chi connectivity index (χ3n) is 2.16. The number of carbonyl (C=O) groups is 1. The van der Waals surface area contributed by atoms with Crippen molar-refractivity contribution in [3.8, 4) is 11.3 Å². The molecule has 1 aromatic carbocycles. The topological polar surface area (TPSA) is 34.9 Å². The Hall–Kier alpha value is -1.61. The number of aryl methyl sites for hydroxylation is 1. The number of imidazole rings is 1. The molecule has 15 heavy (non-hydrogen) atoms. The van der Waals surface area contributed by atoms with Crippen molar-refractivity contribution in [1.82, 2.24) is 9.55 Å². The van der Waals surface area contributed by atoms with Crippen LogP contribution in [0.5, 0.6) is 0 Å². The number of hydrogen-bond donors (Lipinski definition) is 0. The summed E-state index contributed by atoms with van der Waals surface area (Å²) in [5.41, 5.74) is 1.72. The van der Waals surface area contributed by atoms with E-state index in [9.17, 15) is 4.79 Å². The van der Waals surface area contributed by atoms with Gasteiger partial charge in [0.15, 0.2) is 12.1 Å². The summed E-state index contributed by atoms with van der Waals surface area (Å²) in [4.78, 5) is 14.8. The lowest BCUT2D eigenvalue weighted by molar-refractivity contribution is 0.111. The first-order chi connectivity index (χ1) is 7.20. The van der Waals surface area contributed by atoms with Gasteiger partial charge in [0.2, 0.25) is 0 Å². The molecule has 0 unspecified atom stereocenters. The van der Waals surface area contributed by atoms with Gasteiger partial charge in [-0.3, -0.25) is 4.79 Å². The molecular formula is C11H9ClN2O. The molecule has 0 aliphatic carbocycles. The van der Waals surface area contributed by atoms with Gasteiger partial charge in [0.1, 0.15) is 0 Å². The number of aromatic nitrogens is 2. The van der Waals surface area contributed by atoms with E-state index in [2.05, 4.69) is 4.98 Å². The zero-order valence-electron chi connectivity index (χ0n) is 8.14. The highest BCUT2D eigenvalue weighted by Gasteiger charge is 2.05. The van der Waals surface area contributed by atoms with Gasteiger partial charge in [0.05, 0.1) is 5.69 Å². The average molecular weight is 221 g/mol. The Labute approximate surface area is 92.3 Å². The maximum atomic E-state index is 10.6. The Morgan fingerprint density at radius 1 is 1.33 bits per heavy atom. The minimum atomic E-state index is 0.417. The third-order valence-corrected chi connectivity index (χ3v) is 2.41. The molecule has 0 aliphatic rings. The second kappa shape index (κ2) is 3.87. The summed E-state index contributed by atoms with van der Waals surface area (Å²) in [5.74, 6) is 0.417. The van der Waals surface area contributed by atoms with Crippen molar-refractivity contribution in [2.75, 3.05) is 0 Å². The average Bonchev–Trinajstić information content (AvgIpc) is 2.61. The summed E-state index contributed by atoms with van der Waals surface area (Å²) in [6.45, 7) is 0. The van der Waals surface area contributed by atoms with Gasteiger partial charge < -0.3 is 4.57 Å². The highest BCUT2D eigenvalue weighted by atomic mass is 35.5. The number of benzene rings is 1. The fraction of sp³-hybridized carbons (Fsp3) is 0.0909. The first kappa shape index (κ1) is 9.93. The van der Waals surface area contributed by atoms with Gasteiger partial charge in [-0.05, 0) is 12.1 Å². The molecule has 1 heterocycles. The van der Waals surface area contributed by atoms with Gasteiger partial charge in [-0.2, -0.15) is 0 Å². The van der Waals surface area contributed by atoms with Gasteiger partial charge in [0.25, 0.3) is 0 Å². The van der Waals surface area contributed by atoms with Crippen LogP contribution in [0.15, 0.2) is 30.5 Å². The van der Waals surface area contributed by atoms with Crippen LogP contribution in [0.2, 0.25) is 5.02 Å². The van der Waals surface area contributed by atoms with Crippen molar-refractivity contribution in [3.05, 3.63) is 41.3 Å². The normalized spacial score (nSPS) is 10.3. The lowest BCUT2D eigenvalue weighted by Gasteiger charge is -1.95. The maximum absolute atomic E-state index is 10.6. The SMILES string of the molecule is Cn1cc(-c2ccc(Cl)cc2)nc1C=O. The summed E-state index contributed by atoms with van der Waals surface area (Å²) in [7, 11) is 1.79. The first-order valence-electron chi connectivity index (χ1n) is 4.45. The maximum Gasteiger partial charge on any atom is 0.185 e. The number of rotatable bonds is 2. The Morgan fingerprint density at radius 3 is 2.53 bits per heavy atom. The van der Waals surface area contributed by atoms with E-state index in [1.54, 1.807) is 23.7 Å². The second-order valence-corrected chi connectivity index (χ2v) is 3.66. The van der Waals surface area contributed by atoms with Crippen molar-refractivity contribution in [2.45, 2.75) is 0 Å². The molecule has 3 nitrogen and oxygen atoms in total. The van der Waals surface area contributed by atoms with Gasteiger partial charge in [0, 0.05) is 23.8 Å². The zero-order valence-corrected chi connectivity index (χ0v) is 8.90. The van der Waals surface area contributed by atoms with E-state index >= 15 is 0 Å². The zero-order chi connectivity index (χ0) is 10.8. The minimum Gasteiger partial charge on any atom is -0.331 e. The number of carbonyl (C=O) groups excluding carboxylic acids is 1. The number of nitrogens with zero attached hydrogens (tertiary/aromatic N) is 2. The quantitative estimate of drug-likeness (QED) is 0.729. The largest absolute Gasteiger partial charge is 0.331 e. The molecule has 4 heteroatoms. The Balaban J connectivity index is 2.45. The molecule has 2 rings (SSSR count). The molecule has 1 aromatic heterocycles. The Kier molecular flexibility index (Phi) is 2.56. The highest BCUT2D eigenvalue weighted by Crippen LogP contribution is 2.20. The predicted molar refractivity (Wildman–Crippen MR) is 59.0 cm³/mol. The summed E-state index contributed by atoms with van der Waals surface area (Å²) in [6, 6.07) is 7.34. The van der Waals surface area contributed by atoms with Crippen LogP contribution in [0, 0.1) is 0 Å². The van der Waals surface area contributed by atoms with Crippen LogP contribution in [0.4, 0.5) is 0 Å². The smallest absolute Gasteiger partial charge is 0.185 e. The van der Waals surface area contributed by atoms with Crippen LogP contribution >= 0.6 is 11.6 Å². The fourth-order valence-electron chi connectivity index (χ4n) is 1.35. The number of hydrogen-bond acceptors (Lipinski definition) is 2. The molecule has 0 saturated carbocycles. The molecule has 0 aliphatic heterocycles. The van der Waals surface area contributed by atoms with Crippen molar-refractivity contribution in [2.24, 2.45) is 7.05 Å². The number of halogens is 1. The van der Waals surface area contributed by atoms with Gasteiger partial charge in [-0.1, -0.05) is 23.7 Å². The van der Waals surface area contributed by atoms with Crippen molar-refractivity contribution < 1.29 is 4.79 Å². The van der Waals surface area contributed by atoms with Crippen LogP contribution < -0.4 is 0 Å². The monoisotopic (exact) mass is 220 g/mol. The van der Waals surface area contributed by atoms with Crippen molar-refractivity contribution in [3.63, 3.8) is 0 Å². The van der Waals surface area contributed by atoms with Gasteiger partial charge in [-0.25, -0.2) is 4.98 Å². The van der Waals surface area contributed by atoms with Crippen LogP contribution in [0.25, 0.3) is 11.3 Å². The van der Waals surface area contributed by atoms with E-state index in [0.29, 0.717) is 10.8 Å². The molecule has 0 amide bonds. The summed E-state index contributed by atoms with van der Waals surface area (Å²) >= 11 is 5.78. The molecule has 2 aromatic rings. The van der Waals surface area contributed by atoms with Crippen molar-refractivity contribution >= 4 is 17.9 Å². The molecule has 0 saturated heterocycles. The summed E-state index contributed by atoms with van der Waals surface area (Å²) < 4.78 is 1.69. The van der Waals surface area contributed by atoms with E-state index in [4.69, 9.17) is 11.6 Å². The standard InChI is InChI=1S/C11H9ClN2O/c1-14-6-10(13-11(14)7-15)8-2-4-9(12)5-3-8/h2-7H,1H3. The molecule has 0 fully saturated rings. The van der Waals surface area contributed by atoms with Crippen LogP contribution in [0.1, 0.15) is 10.6 Å². The molecular weight excluding hydrogens is 212 g/mol. The molecule has 0 spiro atoms.